The first kappa shape index (κ1) is 19.4. The van der Waals surface area contributed by atoms with Crippen LogP contribution in [0, 0.1) is 0 Å². The van der Waals surface area contributed by atoms with Crippen LogP contribution in [0.2, 0.25) is 0 Å². The minimum atomic E-state index is -4.50. The molecule has 0 atom stereocenters. The van der Waals surface area contributed by atoms with E-state index in [1.165, 1.54) is 23.5 Å². The molecular weight excluding hydrogens is 427 g/mol. The van der Waals surface area contributed by atoms with Crippen LogP contribution in [0.15, 0.2) is 51.2 Å². The topological polar surface area (TPSA) is 76.3 Å². The molecule has 4 rings (SSSR count). The predicted molar refractivity (Wildman–Crippen MR) is 101 cm³/mol. The number of rotatable bonds is 4. The van der Waals surface area contributed by atoms with Crippen molar-refractivity contribution in [3.8, 4) is 11.4 Å². The van der Waals surface area contributed by atoms with Gasteiger partial charge in [-0.1, -0.05) is 23.4 Å². The number of halogens is 3. The highest BCUT2D eigenvalue weighted by atomic mass is 32.2. The van der Waals surface area contributed by atoms with E-state index in [1.807, 2.05) is 17.5 Å². The molecule has 1 saturated heterocycles. The van der Waals surface area contributed by atoms with E-state index in [1.54, 1.807) is 6.08 Å². The molecule has 1 aromatic carbocycles. The van der Waals surface area contributed by atoms with Gasteiger partial charge in [0.25, 0.3) is 11.1 Å². The van der Waals surface area contributed by atoms with Crippen LogP contribution in [0.3, 0.4) is 0 Å². The first-order chi connectivity index (χ1) is 13.8. The number of hydrogen-bond donors (Lipinski definition) is 0. The molecule has 0 radical (unpaired) electrons. The number of carbonyl (C=O) groups excluding carboxylic acids is 2. The normalized spacial score (nSPS) is 16.2. The van der Waals surface area contributed by atoms with Gasteiger partial charge < -0.3 is 4.52 Å². The molecule has 1 aliphatic heterocycles. The summed E-state index contributed by atoms with van der Waals surface area (Å²) in [7, 11) is 0. The molecule has 0 N–H and O–H groups in total. The van der Waals surface area contributed by atoms with Crippen LogP contribution >= 0.6 is 23.1 Å². The van der Waals surface area contributed by atoms with E-state index in [9.17, 15) is 22.8 Å². The van der Waals surface area contributed by atoms with Crippen molar-refractivity contribution in [1.29, 1.82) is 0 Å². The van der Waals surface area contributed by atoms with Crippen LogP contribution in [0.5, 0.6) is 0 Å². The van der Waals surface area contributed by atoms with Crippen molar-refractivity contribution in [2.24, 2.45) is 0 Å². The largest absolute Gasteiger partial charge is 0.416 e. The van der Waals surface area contributed by atoms with Crippen molar-refractivity contribution in [1.82, 2.24) is 15.0 Å². The van der Waals surface area contributed by atoms with Crippen LogP contribution in [-0.4, -0.2) is 26.2 Å². The number of aromatic nitrogens is 2. The van der Waals surface area contributed by atoms with Crippen molar-refractivity contribution < 1.29 is 27.3 Å². The molecule has 148 valence electrons. The fourth-order valence-electron chi connectivity index (χ4n) is 2.55. The number of alkyl halides is 3. The zero-order valence-corrected chi connectivity index (χ0v) is 16.0. The van der Waals surface area contributed by atoms with Crippen molar-refractivity contribution in [3.05, 3.63) is 63.0 Å². The lowest BCUT2D eigenvalue weighted by Gasteiger charge is -2.08. The summed E-state index contributed by atoms with van der Waals surface area (Å²) in [5.74, 6) is -0.614. The zero-order chi connectivity index (χ0) is 20.6. The second-order valence-electron chi connectivity index (χ2n) is 5.87. The molecule has 0 aliphatic carbocycles. The Kier molecular flexibility index (Phi) is 5.01. The average Bonchev–Trinajstić information content (AvgIpc) is 3.40. The molecule has 1 aliphatic rings. The number of carbonyl (C=O) groups is 2. The van der Waals surface area contributed by atoms with Gasteiger partial charge in [-0.25, -0.2) is 0 Å². The molecule has 3 heterocycles. The summed E-state index contributed by atoms with van der Waals surface area (Å²) in [6.45, 7) is -0.265. The quantitative estimate of drug-likeness (QED) is 0.532. The molecule has 29 heavy (non-hydrogen) atoms. The molecule has 2 amide bonds. The lowest BCUT2D eigenvalue weighted by atomic mass is 10.1. The number of amides is 2. The zero-order valence-electron chi connectivity index (χ0n) is 14.3. The Balaban J connectivity index is 1.52. The Hall–Kier alpha value is -2.92. The van der Waals surface area contributed by atoms with Gasteiger partial charge >= 0.3 is 6.18 Å². The molecule has 0 unspecified atom stereocenters. The number of thioether (sulfide) groups is 1. The molecule has 2 aromatic heterocycles. The van der Waals surface area contributed by atoms with Crippen molar-refractivity contribution in [2.75, 3.05) is 0 Å². The predicted octanol–water partition coefficient (Wildman–Crippen LogP) is 5.05. The molecule has 1 fully saturated rings. The van der Waals surface area contributed by atoms with Crippen LogP contribution < -0.4 is 0 Å². The molecule has 3 aromatic rings. The molecule has 6 nitrogen and oxygen atoms in total. The number of nitrogens with zero attached hydrogens (tertiary/aromatic N) is 3. The average molecular weight is 437 g/mol. The standard InChI is InChI=1S/C18H10F3N3O3S2/c19-18(20,21)11-4-1-3-10(7-11)15-22-14(27-23-15)9-24-16(25)13(29-17(24)26)8-12-5-2-6-28-12/h1-8H,9H2/b13-8-. The third-order valence-electron chi connectivity index (χ3n) is 3.90. The Bertz CT molecular complexity index is 1110. The Morgan fingerprint density at radius 1 is 1.17 bits per heavy atom. The Morgan fingerprint density at radius 3 is 2.72 bits per heavy atom. The van der Waals surface area contributed by atoms with Crippen LogP contribution in [0.4, 0.5) is 18.0 Å². The van der Waals surface area contributed by atoms with Crippen LogP contribution in [0.1, 0.15) is 16.3 Å². The smallest absolute Gasteiger partial charge is 0.337 e. The summed E-state index contributed by atoms with van der Waals surface area (Å²) in [5.41, 5.74) is -0.729. The summed E-state index contributed by atoms with van der Waals surface area (Å²) < 4.78 is 43.6. The van der Waals surface area contributed by atoms with Gasteiger partial charge in [0.1, 0.15) is 6.54 Å². The Labute approximate surface area is 170 Å². The van der Waals surface area contributed by atoms with Crippen molar-refractivity contribution in [2.45, 2.75) is 12.7 Å². The highest BCUT2D eigenvalue weighted by Crippen LogP contribution is 2.34. The molecule has 0 spiro atoms. The number of benzene rings is 1. The SMILES string of the molecule is O=C1S/C(=C\c2cccs2)C(=O)N1Cc1nc(-c2cccc(C(F)(F)F)c2)no1. The van der Waals surface area contributed by atoms with E-state index >= 15 is 0 Å². The number of hydrogen-bond acceptors (Lipinski definition) is 7. The van der Waals surface area contributed by atoms with Gasteiger partial charge in [0, 0.05) is 10.4 Å². The van der Waals surface area contributed by atoms with Crippen LogP contribution in [-0.2, 0) is 17.5 Å². The van der Waals surface area contributed by atoms with Crippen molar-refractivity contribution in [3.63, 3.8) is 0 Å². The first-order valence-electron chi connectivity index (χ1n) is 8.10. The fraction of sp³-hybridized carbons (Fsp3) is 0.111. The van der Waals surface area contributed by atoms with Gasteiger partial charge in [-0.05, 0) is 41.4 Å². The van der Waals surface area contributed by atoms with Crippen molar-refractivity contribution >= 4 is 40.3 Å². The van der Waals surface area contributed by atoms with E-state index in [-0.39, 0.29) is 28.7 Å². The van der Waals surface area contributed by atoms with E-state index in [4.69, 9.17) is 4.52 Å². The summed E-state index contributed by atoms with van der Waals surface area (Å²) >= 11 is 2.23. The third-order valence-corrected chi connectivity index (χ3v) is 5.63. The molecule has 0 bridgehead atoms. The highest BCUT2D eigenvalue weighted by molar-refractivity contribution is 8.18. The minimum Gasteiger partial charge on any atom is -0.337 e. The molecule has 0 saturated carbocycles. The maximum atomic E-state index is 12.9. The minimum absolute atomic E-state index is 0.0583. The van der Waals surface area contributed by atoms with Gasteiger partial charge in [0.2, 0.25) is 11.7 Å². The van der Waals surface area contributed by atoms with E-state index in [0.29, 0.717) is 0 Å². The van der Waals surface area contributed by atoms with Gasteiger partial charge in [-0.3, -0.25) is 14.5 Å². The molecule has 11 heteroatoms. The lowest BCUT2D eigenvalue weighted by Crippen LogP contribution is -2.27. The second kappa shape index (κ2) is 7.48. The summed E-state index contributed by atoms with van der Waals surface area (Å²) in [6.07, 6.45) is -2.88. The van der Waals surface area contributed by atoms with Gasteiger partial charge in [-0.2, -0.15) is 18.2 Å². The van der Waals surface area contributed by atoms with E-state index in [2.05, 4.69) is 10.1 Å². The number of thiophene rings is 1. The van der Waals surface area contributed by atoms with E-state index in [0.717, 1.165) is 33.7 Å². The maximum Gasteiger partial charge on any atom is 0.416 e. The molecular formula is C18H10F3N3O3S2. The highest BCUT2D eigenvalue weighted by Gasteiger charge is 2.36. The Morgan fingerprint density at radius 2 is 2.00 bits per heavy atom. The third kappa shape index (κ3) is 4.10. The van der Waals surface area contributed by atoms with E-state index < -0.39 is 22.9 Å². The number of imide groups is 1. The summed E-state index contributed by atoms with van der Waals surface area (Å²) in [5, 5.41) is 5.02. The first-order valence-corrected chi connectivity index (χ1v) is 9.80. The summed E-state index contributed by atoms with van der Waals surface area (Å²) in [4.78, 5) is 30.7. The maximum absolute atomic E-state index is 12.9. The van der Waals surface area contributed by atoms with Crippen LogP contribution in [0.25, 0.3) is 17.5 Å². The fourth-order valence-corrected chi connectivity index (χ4v) is 4.11. The summed E-state index contributed by atoms with van der Waals surface area (Å²) in [6, 6.07) is 8.13. The lowest BCUT2D eigenvalue weighted by molar-refractivity contribution is -0.137. The monoisotopic (exact) mass is 437 g/mol. The van der Waals surface area contributed by atoms with Gasteiger partial charge in [0.15, 0.2) is 0 Å². The van der Waals surface area contributed by atoms with Gasteiger partial charge in [-0.15, -0.1) is 11.3 Å². The second-order valence-corrected chi connectivity index (χ2v) is 7.85. The van der Waals surface area contributed by atoms with Gasteiger partial charge in [0.05, 0.1) is 10.5 Å².